The van der Waals surface area contributed by atoms with Gasteiger partial charge in [0.2, 0.25) is 0 Å². The Morgan fingerprint density at radius 1 is 1.32 bits per heavy atom. The van der Waals surface area contributed by atoms with Gasteiger partial charge in [-0.2, -0.15) is 0 Å². The van der Waals surface area contributed by atoms with E-state index in [4.69, 9.17) is 4.74 Å². The van der Waals surface area contributed by atoms with Crippen LogP contribution in [0, 0.1) is 0 Å². The smallest absolute Gasteiger partial charge is 0.0698 e. The summed E-state index contributed by atoms with van der Waals surface area (Å²) in [4.78, 5) is 2.59. The number of anilines is 1. The molecule has 3 heteroatoms. The summed E-state index contributed by atoms with van der Waals surface area (Å²) in [5, 5.41) is 3.51. The molecule has 1 aromatic carbocycles. The van der Waals surface area contributed by atoms with Gasteiger partial charge in [-0.15, -0.1) is 0 Å². The third-order valence-electron chi connectivity index (χ3n) is 4.48. The second kappa shape index (κ2) is 5.93. The fourth-order valence-electron chi connectivity index (χ4n) is 3.42. The van der Waals surface area contributed by atoms with Crippen LogP contribution in [-0.2, 0) is 4.74 Å². The molecule has 0 bridgehead atoms. The molecule has 0 amide bonds. The Morgan fingerprint density at radius 2 is 2.21 bits per heavy atom. The summed E-state index contributed by atoms with van der Waals surface area (Å²) in [6.45, 7) is 4.61. The van der Waals surface area contributed by atoms with Crippen LogP contribution in [0.15, 0.2) is 24.3 Å². The highest BCUT2D eigenvalue weighted by Gasteiger charge is 2.25. The molecule has 1 saturated heterocycles. The summed E-state index contributed by atoms with van der Waals surface area (Å²) >= 11 is 0. The van der Waals surface area contributed by atoms with Gasteiger partial charge in [0.25, 0.3) is 0 Å². The van der Waals surface area contributed by atoms with Gasteiger partial charge < -0.3 is 15.0 Å². The molecule has 3 nitrogen and oxygen atoms in total. The van der Waals surface area contributed by atoms with Crippen LogP contribution < -0.4 is 5.32 Å². The van der Waals surface area contributed by atoms with E-state index in [1.54, 1.807) is 0 Å². The predicted octanol–water partition coefficient (Wildman–Crippen LogP) is 2.70. The van der Waals surface area contributed by atoms with E-state index in [0.717, 1.165) is 13.1 Å². The number of para-hydroxylation sites is 1. The summed E-state index contributed by atoms with van der Waals surface area (Å²) in [7, 11) is 1.84. The second-order valence-corrected chi connectivity index (χ2v) is 5.76. The third-order valence-corrected chi connectivity index (χ3v) is 4.48. The van der Waals surface area contributed by atoms with E-state index >= 15 is 0 Å². The average molecular weight is 260 g/mol. The van der Waals surface area contributed by atoms with Crippen LogP contribution in [0.2, 0.25) is 0 Å². The molecule has 0 spiro atoms. The van der Waals surface area contributed by atoms with Gasteiger partial charge in [0.1, 0.15) is 0 Å². The number of likely N-dealkylation sites (tertiary alicyclic amines) is 1. The van der Waals surface area contributed by atoms with Crippen molar-refractivity contribution in [3.05, 3.63) is 29.8 Å². The zero-order chi connectivity index (χ0) is 13.1. The minimum absolute atomic E-state index is 0.436. The Bertz CT molecular complexity index is 421. The van der Waals surface area contributed by atoms with Crippen molar-refractivity contribution in [1.29, 1.82) is 0 Å². The molecule has 2 aliphatic heterocycles. The topological polar surface area (TPSA) is 24.5 Å². The van der Waals surface area contributed by atoms with Crippen LogP contribution in [0.5, 0.6) is 0 Å². The van der Waals surface area contributed by atoms with Crippen LogP contribution in [-0.4, -0.2) is 44.3 Å². The van der Waals surface area contributed by atoms with Crippen LogP contribution in [0.4, 0.5) is 5.69 Å². The third kappa shape index (κ3) is 2.93. The number of nitrogens with one attached hydrogen (secondary N) is 1. The molecule has 0 radical (unpaired) electrons. The van der Waals surface area contributed by atoms with Crippen molar-refractivity contribution in [2.24, 2.45) is 0 Å². The average Bonchev–Trinajstić information content (AvgIpc) is 2.48. The van der Waals surface area contributed by atoms with Crippen molar-refractivity contribution in [2.75, 3.05) is 38.6 Å². The van der Waals surface area contributed by atoms with Crippen molar-refractivity contribution in [2.45, 2.75) is 31.3 Å². The van der Waals surface area contributed by atoms with Crippen molar-refractivity contribution >= 4 is 5.69 Å². The van der Waals surface area contributed by atoms with Gasteiger partial charge in [-0.3, -0.25) is 0 Å². The number of nitrogens with zero attached hydrogens (tertiary/aromatic N) is 1. The standard InChI is InChI=1S/C16H24N2O/c1-19-14-5-4-10-18(12-14)11-13-8-9-17-16-7-3-2-6-15(13)16/h2-3,6-7,13-14,17H,4-5,8-12H2,1H3. The van der Waals surface area contributed by atoms with Gasteiger partial charge in [-0.25, -0.2) is 0 Å². The number of fused-ring (bicyclic) bond motifs is 1. The molecule has 2 heterocycles. The maximum atomic E-state index is 5.53. The van der Waals surface area contributed by atoms with Crippen LogP contribution in [0.25, 0.3) is 0 Å². The normalized spacial score (nSPS) is 27.6. The first-order valence-electron chi connectivity index (χ1n) is 7.45. The zero-order valence-electron chi connectivity index (χ0n) is 11.8. The lowest BCUT2D eigenvalue weighted by molar-refractivity contribution is 0.0290. The van der Waals surface area contributed by atoms with E-state index in [-0.39, 0.29) is 0 Å². The molecule has 0 aliphatic carbocycles. The van der Waals surface area contributed by atoms with Gasteiger partial charge >= 0.3 is 0 Å². The fourth-order valence-corrected chi connectivity index (χ4v) is 3.42. The van der Waals surface area contributed by atoms with E-state index in [1.807, 2.05) is 7.11 Å². The fraction of sp³-hybridized carbons (Fsp3) is 0.625. The van der Waals surface area contributed by atoms with Gasteiger partial charge in [0.05, 0.1) is 6.10 Å². The van der Waals surface area contributed by atoms with Gasteiger partial charge in [0.15, 0.2) is 0 Å². The molecular weight excluding hydrogens is 236 g/mol. The molecule has 104 valence electrons. The van der Waals surface area contributed by atoms with Crippen LogP contribution in [0.1, 0.15) is 30.7 Å². The first kappa shape index (κ1) is 12.9. The second-order valence-electron chi connectivity index (χ2n) is 5.76. The van der Waals surface area contributed by atoms with E-state index in [9.17, 15) is 0 Å². The monoisotopic (exact) mass is 260 g/mol. The summed E-state index contributed by atoms with van der Waals surface area (Å²) in [6.07, 6.45) is 4.16. The molecule has 19 heavy (non-hydrogen) atoms. The number of hydrogen-bond donors (Lipinski definition) is 1. The van der Waals surface area contributed by atoms with E-state index in [2.05, 4.69) is 34.5 Å². The first-order chi connectivity index (χ1) is 9.36. The van der Waals surface area contributed by atoms with E-state index in [1.165, 1.54) is 43.6 Å². The van der Waals surface area contributed by atoms with Crippen molar-refractivity contribution in [3.63, 3.8) is 0 Å². The summed E-state index contributed by atoms with van der Waals surface area (Å²) in [6, 6.07) is 8.77. The number of rotatable bonds is 3. The lowest BCUT2D eigenvalue weighted by Crippen LogP contribution is -2.41. The molecule has 3 rings (SSSR count). The number of ether oxygens (including phenoxy) is 1. The molecular formula is C16H24N2O. The van der Waals surface area contributed by atoms with Gasteiger partial charge in [-0.1, -0.05) is 18.2 Å². The molecule has 2 aliphatic rings. The van der Waals surface area contributed by atoms with Gasteiger partial charge in [-0.05, 0) is 37.4 Å². The number of piperidine rings is 1. The SMILES string of the molecule is COC1CCCN(CC2CCNc3ccccc32)C1. The summed E-state index contributed by atoms with van der Waals surface area (Å²) < 4.78 is 5.53. The van der Waals surface area contributed by atoms with E-state index in [0.29, 0.717) is 12.0 Å². The van der Waals surface area contributed by atoms with Crippen molar-refractivity contribution in [1.82, 2.24) is 4.90 Å². The number of methoxy groups -OCH3 is 1. The predicted molar refractivity (Wildman–Crippen MR) is 78.8 cm³/mol. The largest absolute Gasteiger partial charge is 0.385 e. The van der Waals surface area contributed by atoms with E-state index < -0.39 is 0 Å². The number of benzene rings is 1. The Kier molecular flexibility index (Phi) is 4.04. The number of hydrogen-bond acceptors (Lipinski definition) is 3. The Hall–Kier alpha value is -1.06. The maximum absolute atomic E-state index is 5.53. The molecule has 0 aromatic heterocycles. The minimum atomic E-state index is 0.436. The lowest BCUT2D eigenvalue weighted by atomic mass is 9.90. The molecule has 1 N–H and O–H groups in total. The minimum Gasteiger partial charge on any atom is -0.385 e. The maximum Gasteiger partial charge on any atom is 0.0698 e. The molecule has 0 saturated carbocycles. The van der Waals surface area contributed by atoms with Gasteiger partial charge in [0, 0.05) is 38.3 Å². The van der Waals surface area contributed by atoms with Crippen molar-refractivity contribution in [3.8, 4) is 0 Å². The lowest BCUT2D eigenvalue weighted by Gasteiger charge is -2.36. The molecule has 2 atom stereocenters. The molecule has 1 aromatic rings. The highest BCUT2D eigenvalue weighted by molar-refractivity contribution is 5.54. The van der Waals surface area contributed by atoms with Crippen LogP contribution in [0.3, 0.4) is 0 Å². The Morgan fingerprint density at radius 3 is 3.11 bits per heavy atom. The first-order valence-corrected chi connectivity index (χ1v) is 7.45. The zero-order valence-corrected chi connectivity index (χ0v) is 11.8. The van der Waals surface area contributed by atoms with Crippen molar-refractivity contribution < 1.29 is 4.74 Å². The molecule has 1 fully saturated rings. The Balaban J connectivity index is 1.67. The molecule has 2 unspecified atom stereocenters. The summed E-state index contributed by atoms with van der Waals surface area (Å²) in [5.41, 5.74) is 2.83. The Labute approximate surface area is 115 Å². The summed E-state index contributed by atoms with van der Waals surface area (Å²) in [5.74, 6) is 0.674. The quantitative estimate of drug-likeness (QED) is 0.904. The highest BCUT2D eigenvalue weighted by Crippen LogP contribution is 2.32. The van der Waals surface area contributed by atoms with Crippen LogP contribution >= 0.6 is 0 Å². The highest BCUT2D eigenvalue weighted by atomic mass is 16.5.